The highest BCUT2D eigenvalue weighted by atomic mass is 16.6. The van der Waals surface area contributed by atoms with Crippen LogP contribution in [0, 0.1) is 0 Å². The van der Waals surface area contributed by atoms with Gasteiger partial charge in [-0.05, 0) is 20.8 Å². The summed E-state index contributed by atoms with van der Waals surface area (Å²) in [5.74, 6) is 0. The number of methoxy groups -OCH3 is 1. The van der Waals surface area contributed by atoms with Crippen LogP contribution in [0.2, 0.25) is 0 Å². The van der Waals surface area contributed by atoms with Crippen LogP contribution in [0.15, 0.2) is 0 Å². The summed E-state index contributed by atoms with van der Waals surface area (Å²) < 4.78 is 22.4. The first-order chi connectivity index (χ1) is 10.2. The molecule has 0 heterocycles. The van der Waals surface area contributed by atoms with Crippen LogP contribution in [-0.4, -0.2) is 84.0 Å². The van der Waals surface area contributed by atoms with Crippen LogP contribution in [0.4, 0.5) is 0 Å². The van der Waals surface area contributed by atoms with Gasteiger partial charge in [0, 0.05) is 13.5 Å². The van der Waals surface area contributed by atoms with Crippen LogP contribution in [0.3, 0.4) is 0 Å². The van der Waals surface area contributed by atoms with Crippen LogP contribution in [0.25, 0.3) is 0 Å². The lowest BCUT2D eigenvalue weighted by molar-refractivity contribution is -0.923. The van der Waals surface area contributed by atoms with Crippen molar-refractivity contribution >= 4 is 0 Å². The summed E-state index contributed by atoms with van der Waals surface area (Å²) in [7, 11) is 1.67. The van der Waals surface area contributed by atoms with Crippen LogP contribution < -0.4 is 0 Å². The summed E-state index contributed by atoms with van der Waals surface area (Å²) in [6.45, 7) is 16.3. The van der Waals surface area contributed by atoms with Crippen molar-refractivity contribution in [3.8, 4) is 0 Å². The molecule has 0 rings (SSSR count). The van der Waals surface area contributed by atoms with Crippen LogP contribution in [-0.2, 0) is 18.9 Å². The minimum absolute atomic E-state index is 0.618. The number of hydrogen-bond acceptors (Lipinski definition) is 4. The first-order valence-electron chi connectivity index (χ1n) is 8.32. The topological polar surface area (TPSA) is 36.9 Å². The molecule has 128 valence electrons. The minimum atomic E-state index is 0.618. The molecule has 0 spiro atoms. The van der Waals surface area contributed by atoms with Gasteiger partial charge in [-0.2, -0.15) is 0 Å². The highest BCUT2D eigenvalue weighted by Gasteiger charge is 2.19. The molecular weight excluding hydrogens is 270 g/mol. The summed E-state index contributed by atoms with van der Waals surface area (Å²) in [5.41, 5.74) is 0. The summed E-state index contributed by atoms with van der Waals surface area (Å²) in [5, 5.41) is 0. The van der Waals surface area contributed by atoms with Crippen molar-refractivity contribution in [3.05, 3.63) is 0 Å². The van der Waals surface area contributed by atoms with Gasteiger partial charge in [0.25, 0.3) is 0 Å². The van der Waals surface area contributed by atoms with E-state index in [2.05, 4.69) is 20.8 Å². The Morgan fingerprint density at radius 2 is 1.05 bits per heavy atom. The highest BCUT2D eigenvalue weighted by Crippen LogP contribution is 2.07. The zero-order valence-electron chi connectivity index (χ0n) is 14.6. The van der Waals surface area contributed by atoms with Crippen LogP contribution in [0.5, 0.6) is 0 Å². The van der Waals surface area contributed by atoms with Crippen molar-refractivity contribution in [2.75, 3.05) is 79.5 Å². The minimum Gasteiger partial charge on any atom is -0.382 e. The fourth-order valence-electron chi connectivity index (χ4n) is 2.33. The average molecular weight is 306 g/mol. The molecule has 5 heteroatoms. The van der Waals surface area contributed by atoms with E-state index in [9.17, 15) is 0 Å². The largest absolute Gasteiger partial charge is 0.382 e. The van der Waals surface area contributed by atoms with Gasteiger partial charge >= 0.3 is 0 Å². The maximum Gasteiger partial charge on any atom is 0.0808 e. The van der Waals surface area contributed by atoms with Gasteiger partial charge in [-0.15, -0.1) is 0 Å². The van der Waals surface area contributed by atoms with E-state index >= 15 is 0 Å². The van der Waals surface area contributed by atoms with E-state index < -0.39 is 0 Å². The van der Waals surface area contributed by atoms with Gasteiger partial charge in [-0.1, -0.05) is 0 Å². The predicted molar refractivity (Wildman–Crippen MR) is 85.7 cm³/mol. The fourth-order valence-corrected chi connectivity index (χ4v) is 2.33. The molecule has 0 unspecified atom stereocenters. The smallest absolute Gasteiger partial charge is 0.0808 e. The molecule has 0 saturated carbocycles. The molecule has 0 aromatic carbocycles. The lowest BCUT2D eigenvalue weighted by atomic mass is 10.3. The molecule has 0 aliphatic heterocycles. The molecule has 0 fully saturated rings. The van der Waals surface area contributed by atoms with Gasteiger partial charge < -0.3 is 23.4 Å². The van der Waals surface area contributed by atoms with Gasteiger partial charge in [0.15, 0.2) is 0 Å². The predicted octanol–water partition coefficient (Wildman–Crippen LogP) is 1.95. The lowest BCUT2D eigenvalue weighted by Gasteiger charge is -2.35. The van der Waals surface area contributed by atoms with Gasteiger partial charge in [0.1, 0.15) is 0 Å². The van der Waals surface area contributed by atoms with Crippen molar-refractivity contribution in [1.82, 2.24) is 0 Å². The van der Waals surface area contributed by atoms with Crippen molar-refractivity contribution in [1.29, 1.82) is 0 Å². The first-order valence-corrected chi connectivity index (χ1v) is 8.32. The molecule has 5 nitrogen and oxygen atoms in total. The Morgan fingerprint density at radius 1 is 0.619 bits per heavy atom. The molecule has 0 N–H and O–H groups in total. The number of quaternary nitrogens is 1. The number of ether oxygens (including phenoxy) is 4. The third kappa shape index (κ3) is 11.1. The second-order valence-corrected chi connectivity index (χ2v) is 5.20. The van der Waals surface area contributed by atoms with E-state index in [1.54, 1.807) is 7.11 Å². The molecule has 0 bridgehead atoms. The second kappa shape index (κ2) is 14.7. The van der Waals surface area contributed by atoms with Crippen LogP contribution >= 0.6 is 0 Å². The van der Waals surface area contributed by atoms with Gasteiger partial charge in [-0.3, -0.25) is 0 Å². The third-order valence-corrected chi connectivity index (χ3v) is 4.11. The maximum absolute atomic E-state index is 5.61. The summed E-state index contributed by atoms with van der Waals surface area (Å²) in [4.78, 5) is 0. The quantitative estimate of drug-likeness (QED) is 0.323. The van der Waals surface area contributed by atoms with E-state index in [1.807, 2.05) is 0 Å². The summed E-state index contributed by atoms with van der Waals surface area (Å²) in [6.07, 6.45) is 1.12. The molecule has 0 aliphatic rings. The van der Waals surface area contributed by atoms with E-state index in [1.165, 1.54) is 30.7 Å². The molecule has 0 aliphatic carbocycles. The van der Waals surface area contributed by atoms with Crippen molar-refractivity contribution in [2.45, 2.75) is 27.2 Å². The Labute approximate surface area is 131 Å². The Bertz CT molecular complexity index is 202. The average Bonchev–Trinajstić information content (AvgIpc) is 2.53. The molecule has 0 aromatic rings. The zero-order valence-corrected chi connectivity index (χ0v) is 14.6. The Morgan fingerprint density at radius 3 is 1.48 bits per heavy atom. The normalized spacial score (nSPS) is 12.0. The van der Waals surface area contributed by atoms with E-state index in [0.29, 0.717) is 39.6 Å². The highest BCUT2D eigenvalue weighted by molar-refractivity contribution is 4.41. The molecule has 0 saturated heterocycles. The Balaban J connectivity index is 3.29. The maximum atomic E-state index is 5.61. The standard InChI is InChI=1S/C16H36NO4/c1-5-17(6-2,7-3)9-8-10-19-13-14-21-16-15-20-12-11-18-4/h5-16H2,1-4H3/q+1. The van der Waals surface area contributed by atoms with Gasteiger partial charge in [0.2, 0.25) is 0 Å². The Hall–Kier alpha value is -0.200. The number of rotatable bonds is 16. The molecule has 0 radical (unpaired) electrons. The van der Waals surface area contributed by atoms with Crippen molar-refractivity contribution in [3.63, 3.8) is 0 Å². The summed E-state index contributed by atoms with van der Waals surface area (Å²) in [6, 6.07) is 0. The fraction of sp³-hybridized carbons (Fsp3) is 1.00. The zero-order chi connectivity index (χ0) is 15.8. The monoisotopic (exact) mass is 306 g/mol. The molecule has 0 aromatic heterocycles. The van der Waals surface area contributed by atoms with Crippen molar-refractivity contribution in [2.24, 2.45) is 0 Å². The number of hydrogen-bond donors (Lipinski definition) is 0. The molecule has 21 heavy (non-hydrogen) atoms. The number of nitrogens with zero attached hydrogens (tertiary/aromatic N) is 1. The molecule has 0 amide bonds. The summed E-state index contributed by atoms with van der Waals surface area (Å²) >= 11 is 0. The van der Waals surface area contributed by atoms with E-state index in [-0.39, 0.29) is 0 Å². The molecular formula is C16H36NO4+. The van der Waals surface area contributed by atoms with E-state index in [0.717, 1.165) is 13.0 Å². The third-order valence-electron chi connectivity index (χ3n) is 4.11. The second-order valence-electron chi connectivity index (χ2n) is 5.20. The van der Waals surface area contributed by atoms with Gasteiger partial charge in [-0.25, -0.2) is 0 Å². The molecule has 0 atom stereocenters. The van der Waals surface area contributed by atoms with Crippen LogP contribution in [0.1, 0.15) is 27.2 Å². The first kappa shape index (κ1) is 20.8. The van der Waals surface area contributed by atoms with Crippen molar-refractivity contribution < 1.29 is 23.4 Å². The Kier molecular flexibility index (Phi) is 14.6. The van der Waals surface area contributed by atoms with Gasteiger partial charge in [0.05, 0.1) is 72.4 Å². The SMILES string of the molecule is CC[N+](CC)(CC)CCCOCCOCCOCCOC. The lowest BCUT2D eigenvalue weighted by Crippen LogP contribution is -2.48. The van der Waals surface area contributed by atoms with E-state index in [4.69, 9.17) is 18.9 Å².